The molecule has 1 atom stereocenters. The molecule has 0 amide bonds. The van der Waals surface area contributed by atoms with Crippen molar-refractivity contribution in [2.24, 2.45) is 0 Å². The van der Waals surface area contributed by atoms with Crippen LogP contribution in [0.15, 0.2) is 12.1 Å². The molecule has 2 nitrogen and oxygen atoms in total. The van der Waals surface area contributed by atoms with Crippen molar-refractivity contribution in [3.63, 3.8) is 0 Å². The molecule has 0 aliphatic carbocycles. The van der Waals surface area contributed by atoms with Crippen LogP contribution in [0.25, 0.3) is 0 Å². The van der Waals surface area contributed by atoms with Gasteiger partial charge in [0, 0.05) is 11.6 Å². The van der Waals surface area contributed by atoms with Crippen molar-refractivity contribution in [1.82, 2.24) is 5.32 Å². The summed E-state index contributed by atoms with van der Waals surface area (Å²) in [6, 6.07) is 4.18. The molecule has 0 aliphatic rings. The van der Waals surface area contributed by atoms with Crippen molar-refractivity contribution in [2.75, 3.05) is 7.05 Å². The Morgan fingerprint density at radius 3 is 2.31 bits per heavy atom. The van der Waals surface area contributed by atoms with Crippen molar-refractivity contribution in [3.8, 4) is 5.75 Å². The Morgan fingerprint density at radius 1 is 1.23 bits per heavy atom. The average Bonchev–Trinajstić information content (AvgIpc) is 2.12. The summed E-state index contributed by atoms with van der Waals surface area (Å²) >= 11 is 0. The van der Waals surface area contributed by atoms with Crippen molar-refractivity contribution in [3.05, 3.63) is 28.8 Å². The number of aryl methyl sites for hydroxylation is 2. The number of nitrogens with one attached hydrogen (secondary N) is 1. The zero-order valence-electron chi connectivity index (χ0n) is 8.68. The van der Waals surface area contributed by atoms with E-state index >= 15 is 0 Å². The summed E-state index contributed by atoms with van der Waals surface area (Å²) in [4.78, 5) is 0. The molecule has 0 saturated carbocycles. The van der Waals surface area contributed by atoms with Crippen molar-refractivity contribution < 1.29 is 5.11 Å². The van der Waals surface area contributed by atoms with Gasteiger partial charge in [0.15, 0.2) is 0 Å². The number of aromatic hydroxyl groups is 1. The van der Waals surface area contributed by atoms with E-state index in [-0.39, 0.29) is 6.04 Å². The lowest BCUT2D eigenvalue weighted by molar-refractivity contribution is 0.453. The normalized spacial score (nSPS) is 12.9. The molecule has 0 radical (unpaired) electrons. The molecule has 0 unspecified atom stereocenters. The van der Waals surface area contributed by atoms with Crippen molar-refractivity contribution in [2.45, 2.75) is 26.8 Å². The van der Waals surface area contributed by atoms with Crippen LogP contribution in [-0.4, -0.2) is 12.2 Å². The van der Waals surface area contributed by atoms with E-state index in [0.29, 0.717) is 5.75 Å². The summed E-state index contributed by atoms with van der Waals surface area (Å²) in [6.07, 6.45) is 0. The first kappa shape index (κ1) is 10.1. The first-order chi connectivity index (χ1) is 6.07. The number of hydrogen-bond donors (Lipinski definition) is 2. The second kappa shape index (κ2) is 3.79. The molecule has 2 N–H and O–H groups in total. The van der Waals surface area contributed by atoms with Gasteiger partial charge in [0.25, 0.3) is 0 Å². The topological polar surface area (TPSA) is 32.3 Å². The van der Waals surface area contributed by atoms with Gasteiger partial charge < -0.3 is 10.4 Å². The Hall–Kier alpha value is -1.02. The minimum absolute atomic E-state index is 0.194. The summed E-state index contributed by atoms with van der Waals surface area (Å²) in [5, 5.41) is 13.0. The lowest BCUT2D eigenvalue weighted by Gasteiger charge is -2.16. The van der Waals surface area contributed by atoms with Crippen LogP contribution in [0.2, 0.25) is 0 Å². The van der Waals surface area contributed by atoms with Gasteiger partial charge in [0.2, 0.25) is 0 Å². The number of rotatable bonds is 2. The van der Waals surface area contributed by atoms with E-state index in [1.807, 2.05) is 40.0 Å². The highest BCUT2D eigenvalue weighted by atomic mass is 16.3. The highest BCUT2D eigenvalue weighted by Gasteiger charge is 2.12. The fourth-order valence-corrected chi connectivity index (χ4v) is 1.51. The summed E-state index contributed by atoms with van der Waals surface area (Å²) in [5.41, 5.74) is 3.06. The summed E-state index contributed by atoms with van der Waals surface area (Å²) in [7, 11) is 1.89. The van der Waals surface area contributed by atoms with Gasteiger partial charge in [0.1, 0.15) is 5.75 Å². The standard InChI is InChI=1S/C11H17NO/c1-7-5-6-8(2)11(13)10(7)9(3)12-4/h5-6,9,12-13H,1-4H3/t9-/m1/s1. The van der Waals surface area contributed by atoms with Crippen LogP contribution in [0, 0.1) is 13.8 Å². The fourth-order valence-electron chi connectivity index (χ4n) is 1.51. The Morgan fingerprint density at radius 2 is 1.77 bits per heavy atom. The molecule has 0 saturated heterocycles. The third-order valence-electron chi connectivity index (χ3n) is 2.50. The van der Waals surface area contributed by atoms with E-state index in [1.54, 1.807) is 0 Å². The van der Waals surface area contributed by atoms with E-state index in [9.17, 15) is 5.11 Å². The quantitative estimate of drug-likeness (QED) is 0.730. The second-order valence-corrected chi connectivity index (χ2v) is 3.47. The molecule has 1 rings (SSSR count). The molecule has 0 fully saturated rings. The largest absolute Gasteiger partial charge is 0.507 e. The minimum Gasteiger partial charge on any atom is -0.507 e. The maximum Gasteiger partial charge on any atom is 0.123 e. The number of benzene rings is 1. The number of phenols is 1. The molecule has 0 spiro atoms. The van der Waals surface area contributed by atoms with Crippen LogP contribution in [0.5, 0.6) is 5.75 Å². The van der Waals surface area contributed by atoms with Gasteiger partial charge in [-0.15, -0.1) is 0 Å². The zero-order valence-corrected chi connectivity index (χ0v) is 8.68. The van der Waals surface area contributed by atoms with E-state index < -0.39 is 0 Å². The van der Waals surface area contributed by atoms with Gasteiger partial charge in [-0.2, -0.15) is 0 Å². The predicted octanol–water partition coefficient (Wildman–Crippen LogP) is 2.29. The lowest BCUT2D eigenvalue weighted by Crippen LogP contribution is -2.14. The van der Waals surface area contributed by atoms with E-state index in [4.69, 9.17) is 0 Å². The van der Waals surface area contributed by atoms with E-state index in [2.05, 4.69) is 5.32 Å². The smallest absolute Gasteiger partial charge is 0.123 e. The van der Waals surface area contributed by atoms with Gasteiger partial charge >= 0.3 is 0 Å². The summed E-state index contributed by atoms with van der Waals surface area (Å²) in [5.74, 6) is 0.418. The molecule has 0 aromatic heterocycles. The molecular weight excluding hydrogens is 162 g/mol. The van der Waals surface area contributed by atoms with Crippen LogP contribution in [0.1, 0.15) is 29.7 Å². The average molecular weight is 179 g/mol. The maximum atomic E-state index is 9.84. The number of phenolic OH excluding ortho intramolecular Hbond substituents is 1. The molecule has 2 heteroatoms. The molecule has 13 heavy (non-hydrogen) atoms. The summed E-state index contributed by atoms with van der Waals surface area (Å²) in [6.45, 7) is 5.98. The number of hydrogen-bond acceptors (Lipinski definition) is 2. The highest BCUT2D eigenvalue weighted by Crippen LogP contribution is 2.30. The van der Waals surface area contributed by atoms with E-state index in [0.717, 1.165) is 16.7 Å². The van der Waals surface area contributed by atoms with E-state index in [1.165, 1.54) is 0 Å². The zero-order chi connectivity index (χ0) is 10.0. The van der Waals surface area contributed by atoms with Gasteiger partial charge in [-0.05, 0) is 38.9 Å². The van der Waals surface area contributed by atoms with Crippen LogP contribution in [-0.2, 0) is 0 Å². The van der Waals surface area contributed by atoms with Gasteiger partial charge in [-0.1, -0.05) is 12.1 Å². The van der Waals surface area contributed by atoms with Crippen molar-refractivity contribution in [1.29, 1.82) is 0 Å². The SMILES string of the molecule is CN[C@H](C)c1c(C)ccc(C)c1O. The molecule has 72 valence electrons. The monoisotopic (exact) mass is 179 g/mol. The maximum absolute atomic E-state index is 9.84. The molecule has 0 bridgehead atoms. The Balaban J connectivity index is 3.25. The third kappa shape index (κ3) is 1.83. The fraction of sp³-hybridized carbons (Fsp3) is 0.455. The Kier molecular flexibility index (Phi) is 2.94. The molecule has 0 aliphatic heterocycles. The minimum atomic E-state index is 0.194. The highest BCUT2D eigenvalue weighted by molar-refractivity contribution is 5.46. The predicted molar refractivity (Wildman–Crippen MR) is 55.1 cm³/mol. The van der Waals surface area contributed by atoms with Gasteiger partial charge in [-0.25, -0.2) is 0 Å². The first-order valence-electron chi connectivity index (χ1n) is 4.54. The lowest BCUT2D eigenvalue weighted by atomic mass is 9.98. The molecule has 0 heterocycles. The second-order valence-electron chi connectivity index (χ2n) is 3.47. The van der Waals surface area contributed by atoms with Crippen LogP contribution >= 0.6 is 0 Å². The Bertz CT molecular complexity index is 307. The molecule has 1 aromatic carbocycles. The molecule has 1 aromatic rings. The summed E-state index contributed by atoms with van der Waals surface area (Å²) < 4.78 is 0. The Labute approximate surface area is 79.6 Å². The van der Waals surface area contributed by atoms with Crippen LogP contribution in [0.3, 0.4) is 0 Å². The van der Waals surface area contributed by atoms with Gasteiger partial charge in [-0.3, -0.25) is 0 Å². The van der Waals surface area contributed by atoms with Crippen molar-refractivity contribution >= 4 is 0 Å². The first-order valence-corrected chi connectivity index (χ1v) is 4.54. The molecular formula is C11H17NO. The van der Waals surface area contributed by atoms with Crippen LogP contribution in [0.4, 0.5) is 0 Å². The van der Waals surface area contributed by atoms with Crippen LogP contribution < -0.4 is 5.32 Å². The van der Waals surface area contributed by atoms with Gasteiger partial charge in [0.05, 0.1) is 0 Å². The third-order valence-corrected chi connectivity index (χ3v) is 2.50.